The van der Waals surface area contributed by atoms with E-state index in [4.69, 9.17) is 5.73 Å². The fourth-order valence-corrected chi connectivity index (χ4v) is 1.93. The molecule has 96 valence electrons. The van der Waals surface area contributed by atoms with E-state index >= 15 is 0 Å². The highest BCUT2D eigenvalue weighted by Crippen LogP contribution is 2.14. The van der Waals surface area contributed by atoms with E-state index in [0.717, 1.165) is 18.5 Å². The number of benzene rings is 1. The van der Waals surface area contributed by atoms with Crippen LogP contribution in [0.1, 0.15) is 18.4 Å². The molecule has 2 atom stereocenters. The van der Waals surface area contributed by atoms with Crippen molar-refractivity contribution in [2.45, 2.75) is 18.9 Å². The molecule has 1 aromatic carbocycles. The van der Waals surface area contributed by atoms with Crippen molar-refractivity contribution in [1.29, 1.82) is 0 Å². The molecule has 1 fully saturated rings. The van der Waals surface area contributed by atoms with Crippen molar-refractivity contribution in [3.05, 3.63) is 35.9 Å². The van der Waals surface area contributed by atoms with Gasteiger partial charge >= 0.3 is 0 Å². The Kier molecular flexibility index (Phi) is 5.70. The Morgan fingerprint density at radius 1 is 1.39 bits per heavy atom. The highest BCUT2D eigenvalue weighted by atomic mass is 35.5. The van der Waals surface area contributed by atoms with E-state index in [1.165, 1.54) is 0 Å². The van der Waals surface area contributed by atoms with E-state index in [1.807, 2.05) is 30.3 Å². The van der Waals surface area contributed by atoms with Crippen LogP contribution < -0.4 is 11.1 Å². The smallest absolute Gasteiger partial charge is 0.223 e. The van der Waals surface area contributed by atoms with Crippen LogP contribution in [0.2, 0.25) is 0 Å². The summed E-state index contributed by atoms with van der Waals surface area (Å²) in [5.41, 5.74) is 6.87. The maximum atomic E-state index is 11.4. The molecule has 3 N–H and O–H groups in total. The van der Waals surface area contributed by atoms with Gasteiger partial charge in [0.2, 0.25) is 5.91 Å². The molecule has 1 heterocycles. The Balaban J connectivity index is 0.00000162. The van der Waals surface area contributed by atoms with Crippen LogP contribution in [0.25, 0.3) is 0 Å². The molecule has 18 heavy (non-hydrogen) atoms. The van der Waals surface area contributed by atoms with Crippen molar-refractivity contribution in [2.75, 3.05) is 6.54 Å². The molecule has 2 rings (SSSR count). The lowest BCUT2D eigenvalue weighted by Crippen LogP contribution is -2.26. The molecule has 0 unspecified atom stereocenters. The number of amides is 1. The summed E-state index contributed by atoms with van der Waals surface area (Å²) in [6.45, 7) is 0.766. The Labute approximate surface area is 114 Å². The van der Waals surface area contributed by atoms with E-state index in [9.17, 15) is 4.79 Å². The maximum Gasteiger partial charge on any atom is 0.223 e. The van der Waals surface area contributed by atoms with Gasteiger partial charge in [0.15, 0.2) is 0 Å². The standard InChI is InChI=1S/C14H16N2O.ClH/c15-13(10-12-8-9-16-14(12)17)7-6-11-4-2-1-3-5-11;/h1-5,12-13H,8-10,15H2,(H,16,17);1H/t12-,13+;/m0./s1. The molecule has 0 aliphatic carbocycles. The van der Waals surface area contributed by atoms with Crippen LogP contribution in [0.5, 0.6) is 0 Å². The minimum Gasteiger partial charge on any atom is -0.356 e. The van der Waals surface area contributed by atoms with Crippen LogP contribution in [0, 0.1) is 17.8 Å². The summed E-state index contributed by atoms with van der Waals surface area (Å²) in [5.74, 6) is 6.17. The SMILES string of the molecule is Cl.N[C@H](C#Cc1ccccc1)C[C@@H]1CCNC1=O. The van der Waals surface area contributed by atoms with Crippen LogP contribution in [0.3, 0.4) is 0 Å². The van der Waals surface area contributed by atoms with E-state index in [0.29, 0.717) is 6.42 Å². The third-order valence-electron chi connectivity index (χ3n) is 2.88. The molecule has 0 bridgehead atoms. The van der Waals surface area contributed by atoms with Crippen LogP contribution in [0.4, 0.5) is 0 Å². The summed E-state index contributed by atoms with van der Waals surface area (Å²) in [6, 6.07) is 9.50. The highest BCUT2D eigenvalue weighted by Gasteiger charge is 2.25. The van der Waals surface area contributed by atoms with Gasteiger partial charge in [-0.2, -0.15) is 0 Å². The van der Waals surface area contributed by atoms with Crippen molar-refractivity contribution < 1.29 is 4.79 Å². The Morgan fingerprint density at radius 3 is 2.72 bits per heavy atom. The molecule has 1 saturated heterocycles. The maximum absolute atomic E-state index is 11.4. The van der Waals surface area contributed by atoms with Crippen molar-refractivity contribution in [3.8, 4) is 11.8 Å². The van der Waals surface area contributed by atoms with Crippen LogP contribution in [-0.4, -0.2) is 18.5 Å². The Bertz CT molecular complexity index is 450. The lowest BCUT2D eigenvalue weighted by molar-refractivity contribution is -0.122. The molecule has 1 aliphatic rings. The van der Waals surface area contributed by atoms with Gasteiger partial charge in [-0.25, -0.2) is 0 Å². The van der Waals surface area contributed by atoms with E-state index in [1.54, 1.807) is 0 Å². The fourth-order valence-electron chi connectivity index (χ4n) is 1.93. The number of carbonyl (C=O) groups is 1. The second-order valence-electron chi connectivity index (χ2n) is 4.25. The number of hydrogen-bond donors (Lipinski definition) is 2. The average molecular weight is 265 g/mol. The third-order valence-corrected chi connectivity index (χ3v) is 2.88. The molecule has 3 nitrogen and oxygen atoms in total. The lowest BCUT2D eigenvalue weighted by atomic mass is 9.99. The molecular weight excluding hydrogens is 248 g/mol. The van der Waals surface area contributed by atoms with Gasteiger partial charge in [-0.1, -0.05) is 30.0 Å². The summed E-state index contributed by atoms with van der Waals surface area (Å²) in [6.07, 6.45) is 1.52. The quantitative estimate of drug-likeness (QED) is 0.792. The first-order chi connectivity index (χ1) is 8.25. The van der Waals surface area contributed by atoms with Crippen molar-refractivity contribution in [1.82, 2.24) is 5.32 Å². The van der Waals surface area contributed by atoms with Gasteiger partial charge in [0, 0.05) is 18.0 Å². The third kappa shape index (κ3) is 4.06. The normalized spacial score (nSPS) is 19.2. The fraction of sp³-hybridized carbons (Fsp3) is 0.357. The van der Waals surface area contributed by atoms with E-state index in [-0.39, 0.29) is 30.3 Å². The molecule has 0 aromatic heterocycles. The van der Waals surface area contributed by atoms with Gasteiger partial charge in [0.05, 0.1) is 6.04 Å². The Hall–Kier alpha value is -1.50. The minimum atomic E-state index is -0.232. The largest absolute Gasteiger partial charge is 0.356 e. The van der Waals surface area contributed by atoms with Crippen molar-refractivity contribution >= 4 is 18.3 Å². The van der Waals surface area contributed by atoms with Crippen LogP contribution in [0.15, 0.2) is 30.3 Å². The Morgan fingerprint density at radius 2 is 2.11 bits per heavy atom. The first kappa shape index (κ1) is 14.6. The van der Waals surface area contributed by atoms with Gasteiger partial charge in [0.25, 0.3) is 0 Å². The first-order valence-electron chi connectivity index (χ1n) is 5.85. The predicted molar refractivity (Wildman–Crippen MR) is 74.3 cm³/mol. The molecule has 0 radical (unpaired) electrons. The minimum absolute atomic E-state index is 0. The van der Waals surface area contributed by atoms with Crippen LogP contribution >= 0.6 is 12.4 Å². The number of nitrogens with two attached hydrogens (primary N) is 1. The highest BCUT2D eigenvalue weighted by molar-refractivity contribution is 5.85. The zero-order valence-corrected chi connectivity index (χ0v) is 10.9. The first-order valence-corrected chi connectivity index (χ1v) is 5.85. The number of halogens is 1. The molecule has 1 aromatic rings. The second-order valence-corrected chi connectivity index (χ2v) is 4.25. The van der Waals surface area contributed by atoms with E-state index in [2.05, 4.69) is 17.2 Å². The summed E-state index contributed by atoms with van der Waals surface area (Å²) >= 11 is 0. The molecule has 0 saturated carbocycles. The predicted octanol–water partition coefficient (Wildman–Crippen LogP) is 1.31. The number of hydrogen-bond acceptors (Lipinski definition) is 2. The van der Waals surface area contributed by atoms with Crippen LogP contribution in [-0.2, 0) is 4.79 Å². The zero-order valence-electron chi connectivity index (χ0n) is 10.1. The lowest BCUT2D eigenvalue weighted by Gasteiger charge is -2.08. The second kappa shape index (κ2) is 7.05. The summed E-state index contributed by atoms with van der Waals surface area (Å²) in [4.78, 5) is 11.4. The van der Waals surface area contributed by atoms with Crippen molar-refractivity contribution in [3.63, 3.8) is 0 Å². The summed E-state index contributed by atoms with van der Waals surface area (Å²) < 4.78 is 0. The van der Waals surface area contributed by atoms with Gasteiger partial charge < -0.3 is 11.1 Å². The number of carbonyl (C=O) groups excluding carboxylic acids is 1. The molecule has 4 heteroatoms. The molecule has 1 aliphatic heterocycles. The van der Waals surface area contributed by atoms with Gasteiger partial charge in [-0.3, -0.25) is 4.79 Å². The summed E-state index contributed by atoms with van der Waals surface area (Å²) in [5, 5.41) is 2.81. The topological polar surface area (TPSA) is 55.1 Å². The molecular formula is C14H17ClN2O. The molecule has 0 spiro atoms. The zero-order chi connectivity index (χ0) is 12.1. The van der Waals surface area contributed by atoms with Gasteiger partial charge in [0.1, 0.15) is 0 Å². The number of rotatable bonds is 2. The van der Waals surface area contributed by atoms with E-state index < -0.39 is 0 Å². The summed E-state index contributed by atoms with van der Waals surface area (Å²) in [7, 11) is 0. The van der Waals surface area contributed by atoms with Gasteiger partial charge in [-0.05, 0) is 25.0 Å². The van der Waals surface area contributed by atoms with Gasteiger partial charge in [-0.15, -0.1) is 12.4 Å². The average Bonchev–Trinajstić information content (AvgIpc) is 2.74. The number of nitrogens with one attached hydrogen (secondary N) is 1. The molecule has 1 amide bonds. The monoisotopic (exact) mass is 264 g/mol. The van der Waals surface area contributed by atoms with Crippen molar-refractivity contribution in [2.24, 2.45) is 11.7 Å².